The van der Waals surface area contributed by atoms with Crippen LogP contribution >= 0.6 is 0 Å². The van der Waals surface area contributed by atoms with Crippen LogP contribution in [0.25, 0.3) is 4.85 Å². The molecule has 0 unspecified atom stereocenters. The molecule has 1 N–H and O–H groups in total. The highest BCUT2D eigenvalue weighted by Gasteiger charge is 2.18. The van der Waals surface area contributed by atoms with Gasteiger partial charge in [-0.3, -0.25) is 0 Å². The molecule has 0 aliphatic carbocycles. The van der Waals surface area contributed by atoms with E-state index in [1.165, 1.54) is 0 Å². The van der Waals surface area contributed by atoms with Gasteiger partial charge in [-0.1, -0.05) is 6.07 Å². The number of ether oxygens (including phenoxy) is 1. The van der Waals surface area contributed by atoms with E-state index >= 15 is 0 Å². The van der Waals surface area contributed by atoms with Crippen LogP contribution in [-0.2, 0) is 6.54 Å². The fraction of sp³-hybridized carbons (Fsp3) is 0.231. The Balaban J connectivity index is 1.93. The molecule has 0 atom stereocenters. The van der Waals surface area contributed by atoms with E-state index in [4.69, 9.17) is 11.3 Å². The van der Waals surface area contributed by atoms with Gasteiger partial charge < -0.3 is 14.6 Å². The molecule has 0 spiro atoms. The quantitative estimate of drug-likeness (QED) is 0.820. The molecule has 3 rings (SSSR count). The average molecular weight is 240 g/mol. The van der Waals surface area contributed by atoms with Crippen molar-refractivity contribution in [3.63, 3.8) is 0 Å². The minimum absolute atomic E-state index is 0.633. The smallest absolute Gasteiger partial charge is 0.189 e. The third-order valence-corrected chi connectivity index (χ3v) is 2.95. The molecule has 1 aromatic heterocycles. The Morgan fingerprint density at radius 3 is 3.22 bits per heavy atom. The van der Waals surface area contributed by atoms with E-state index < -0.39 is 0 Å². The normalized spacial score (nSPS) is 13.6. The SMILES string of the molecule is [C-]#[N+]c1ccc2c(c1)N(Cc1cnc[nH]1)CCO2. The fourth-order valence-electron chi connectivity index (χ4n) is 2.07. The van der Waals surface area contributed by atoms with Crippen molar-refractivity contribution < 1.29 is 4.74 Å². The number of benzene rings is 1. The first kappa shape index (κ1) is 10.7. The van der Waals surface area contributed by atoms with Gasteiger partial charge in [0.1, 0.15) is 12.4 Å². The third-order valence-electron chi connectivity index (χ3n) is 2.95. The van der Waals surface area contributed by atoms with Gasteiger partial charge in [-0.15, -0.1) is 0 Å². The summed E-state index contributed by atoms with van der Waals surface area (Å²) in [7, 11) is 0. The summed E-state index contributed by atoms with van der Waals surface area (Å²) in [5, 5.41) is 0. The molecule has 0 bridgehead atoms. The largest absolute Gasteiger partial charge is 0.490 e. The summed E-state index contributed by atoms with van der Waals surface area (Å²) >= 11 is 0. The van der Waals surface area contributed by atoms with Crippen molar-refractivity contribution in [2.24, 2.45) is 0 Å². The number of rotatable bonds is 2. The van der Waals surface area contributed by atoms with Crippen LogP contribution in [0, 0.1) is 6.57 Å². The second-order valence-electron chi connectivity index (χ2n) is 4.11. The number of aromatic amines is 1. The number of anilines is 1. The predicted molar refractivity (Wildman–Crippen MR) is 67.8 cm³/mol. The van der Waals surface area contributed by atoms with E-state index in [2.05, 4.69) is 19.7 Å². The second-order valence-corrected chi connectivity index (χ2v) is 4.11. The van der Waals surface area contributed by atoms with Crippen molar-refractivity contribution >= 4 is 11.4 Å². The van der Waals surface area contributed by atoms with Gasteiger partial charge in [-0.05, 0) is 12.1 Å². The van der Waals surface area contributed by atoms with Crippen LogP contribution in [0.2, 0.25) is 0 Å². The Hall–Kier alpha value is -2.48. The van der Waals surface area contributed by atoms with Gasteiger partial charge in [0, 0.05) is 6.20 Å². The number of nitrogens with one attached hydrogen (secondary N) is 1. The molecular formula is C13H12N4O. The van der Waals surface area contributed by atoms with Crippen molar-refractivity contribution in [3.05, 3.63) is 47.8 Å². The molecule has 0 saturated heterocycles. The topological polar surface area (TPSA) is 45.5 Å². The molecule has 0 saturated carbocycles. The maximum absolute atomic E-state index is 7.07. The zero-order valence-electron chi connectivity index (χ0n) is 9.76. The summed E-state index contributed by atoms with van der Waals surface area (Å²) in [5.41, 5.74) is 2.66. The Morgan fingerprint density at radius 2 is 2.44 bits per heavy atom. The van der Waals surface area contributed by atoms with Crippen LogP contribution in [0.1, 0.15) is 5.69 Å². The molecule has 18 heavy (non-hydrogen) atoms. The highest BCUT2D eigenvalue weighted by Crippen LogP contribution is 2.35. The summed E-state index contributed by atoms with van der Waals surface area (Å²) < 4.78 is 5.60. The third kappa shape index (κ3) is 1.89. The molecule has 2 aromatic rings. The molecule has 0 amide bonds. The Labute approximate surface area is 105 Å². The molecular weight excluding hydrogens is 228 g/mol. The van der Waals surface area contributed by atoms with Crippen LogP contribution in [0.4, 0.5) is 11.4 Å². The van der Waals surface area contributed by atoms with Crippen LogP contribution in [0.3, 0.4) is 0 Å². The van der Waals surface area contributed by atoms with Gasteiger partial charge in [0.15, 0.2) is 5.69 Å². The molecule has 0 fully saturated rings. The van der Waals surface area contributed by atoms with E-state index in [1.54, 1.807) is 12.4 Å². The molecule has 90 valence electrons. The summed E-state index contributed by atoms with van der Waals surface area (Å²) in [4.78, 5) is 12.8. The number of hydrogen-bond acceptors (Lipinski definition) is 3. The predicted octanol–water partition coefficient (Wildman–Crippen LogP) is 2.36. The zero-order chi connectivity index (χ0) is 12.4. The number of nitrogens with zero attached hydrogens (tertiary/aromatic N) is 3. The van der Waals surface area contributed by atoms with Gasteiger partial charge in [0.2, 0.25) is 0 Å². The first-order chi connectivity index (χ1) is 8.86. The van der Waals surface area contributed by atoms with Gasteiger partial charge >= 0.3 is 0 Å². The number of H-pyrrole nitrogens is 1. The molecule has 1 aliphatic rings. The summed E-state index contributed by atoms with van der Waals surface area (Å²) in [6.45, 7) is 9.30. The van der Waals surface area contributed by atoms with E-state index in [9.17, 15) is 0 Å². The Bertz CT molecular complexity index is 586. The van der Waals surface area contributed by atoms with Crippen molar-refractivity contribution in [1.82, 2.24) is 9.97 Å². The molecule has 5 nitrogen and oxygen atoms in total. The number of aromatic nitrogens is 2. The van der Waals surface area contributed by atoms with E-state index in [1.807, 2.05) is 18.3 Å². The first-order valence-electron chi connectivity index (χ1n) is 5.73. The highest BCUT2D eigenvalue weighted by molar-refractivity contribution is 5.67. The van der Waals surface area contributed by atoms with Gasteiger partial charge in [-0.25, -0.2) is 9.83 Å². The first-order valence-corrected chi connectivity index (χ1v) is 5.73. The zero-order valence-corrected chi connectivity index (χ0v) is 9.76. The maximum atomic E-state index is 7.07. The summed E-state index contributed by atoms with van der Waals surface area (Å²) in [6.07, 6.45) is 3.49. The van der Waals surface area contributed by atoms with E-state index in [0.29, 0.717) is 12.3 Å². The molecule has 2 heterocycles. The van der Waals surface area contributed by atoms with Crippen molar-refractivity contribution in [3.8, 4) is 5.75 Å². The van der Waals surface area contributed by atoms with Crippen LogP contribution in [0.15, 0.2) is 30.7 Å². The van der Waals surface area contributed by atoms with Gasteiger partial charge in [-0.2, -0.15) is 0 Å². The lowest BCUT2D eigenvalue weighted by Gasteiger charge is -2.31. The van der Waals surface area contributed by atoms with Gasteiger partial charge in [0.25, 0.3) is 0 Å². The molecule has 1 aromatic carbocycles. The van der Waals surface area contributed by atoms with E-state index in [-0.39, 0.29) is 0 Å². The lowest BCUT2D eigenvalue weighted by molar-refractivity contribution is 0.307. The Kier molecular flexibility index (Phi) is 2.61. The van der Waals surface area contributed by atoms with Crippen molar-refractivity contribution in [1.29, 1.82) is 0 Å². The number of imidazole rings is 1. The molecule has 0 radical (unpaired) electrons. The van der Waals surface area contributed by atoms with E-state index in [0.717, 1.165) is 30.2 Å². The van der Waals surface area contributed by atoms with Crippen LogP contribution in [0.5, 0.6) is 5.75 Å². The minimum atomic E-state index is 0.633. The second kappa shape index (κ2) is 4.41. The summed E-state index contributed by atoms with van der Waals surface area (Å²) in [5.74, 6) is 0.841. The van der Waals surface area contributed by atoms with Crippen LogP contribution in [-0.4, -0.2) is 23.1 Å². The van der Waals surface area contributed by atoms with Crippen LogP contribution < -0.4 is 9.64 Å². The fourth-order valence-corrected chi connectivity index (χ4v) is 2.07. The highest BCUT2D eigenvalue weighted by atomic mass is 16.5. The summed E-state index contributed by atoms with van der Waals surface area (Å²) in [6, 6.07) is 5.52. The number of hydrogen-bond donors (Lipinski definition) is 1. The molecule has 1 aliphatic heterocycles. The standard InChI is InChI=1S/C13H12N4O/c1-14-10-2-3-13-12(6-10)17(4-5-18-13)8-11-7-15-9-16-11/h2-3,6-7,9H,4-5,8H2,(H,15,16). The number of fused-ring (bicyclic) bond motifs is 1. The van der Waals surface area contributed by atoms with Crippen molar-refractivity contribution in [2.45, 2.75) is 6.54 Å². The minimum Gasteiger partial charge on any atom is -0.490 e. The van der Waals surface area contributed by atoms with Crippen molar-refractivity contribution in [2.75, 3.05) is 18.1 Å². The van der Waals surface area contributed by atoms with Gasteiger partial charge in [0.05, 0.1) is 37.4 Å². The average Bonchev–Trinajstić information content (AvgIpc) is 2.91. The lowest BCUT2D eigenvalue weighted by atomic mass is 10.2. The molecule has 5 heteroatoms. The maximum Gasteiger partial charge on any atom is 0.189 e. The lowest BCUT2D eigenvalue weighted by Crippen LogP contribution is -2.32. The monoisotopic (exact) mass is 240 g/mol. The Morgan fingerprint density at radius 1 is 1.50 bits per heavy atom.